The summed E-state index contributed by atoms with van der Waals surface area (Å²) in [6.07, 6.45) is 7.22. The highest BCUT2D eigenvalue weighted by Gasteiger charge is 2.19. The fourth-order valence-corrected chi connectivity index (χ4v) is 3.60. The van der Waals surface area contributed by atoms with Crippen molar-refractivity contribution >= 4 is 11.6 Å². The van der Waals surface area contributed by atoms with Gasteiger partial charge in [0.2, 0.25) is 0 Å². The Hall–Kier alpha value is -2.73. The van der Waals surface area contributed by atoms with E-state index in [0.717, 1.165) is 29.9 Å². The van der Waals surface area contributed by atoms with E-state index >= 15 is 0 Å². The number of piperidine rings is 1. The van der Waals surface area contributed by atoms with E-state index in [4.69, 9.17) is 0 Å². The van der Waals surface area contributed by atoms with E-state index in [9.17, 15) is 9.18 Å². The zero-order valence-corrected chi connectivity index (χ0v) is 15.4. The maximum atomic E-state index is 13.1. The van der Waals surface area contributed by atoms with Crippen LogP contribution in [-0.2, 0) is 0 Å². The van der Waals surface area contributed by atoms with E-state index in [0.29, 0.717) is 18.2 Å². The third kappa shape index (κ3) is 3.85. The predicted molar refractivity (Wildman–Crippen MR) is 103 cm³/mol. The molecule has 0 spiro atoms. The van der Waals surface area contributed by atoms with Crippen molar-refractivity contribution in [2.75, 3.05) is 20.1 Å². The van der Waals surface area contributed by atoms with Crippen LogP contribution in [0.5, 0.6) is 0 Å². The van der Waals surface area contributed by atoms with Gasteiger partial charge >= 0.3 is 0 Å². The number of rotatable bonds is 4. The number of likely N-dealkylation sites (N-methyl/N-ethyl adjacent to an activating group) is 1. The molecule has 1 aromatic carbocycles. The van der Waals surface area contributed by atoms with Crippen molar-refractivity contribution in [1.82, 2.24) is 19.6 Å². The third-order valence-corrected chi connectivity index (χ3v) is 5.27. The molecular formula is C21H23FN4O. The zero-order valence-electron chi connectivity index (χ0n) is 15.4. The minimum absolute atomic E-state index is 0.0760. The van der Waals surface area contributed by atoms with Crippen LogP contribution < -0.4 is 5.32 Å². The highest BCUT2D eigenvalue weighted by Crippen LogP contribution is 2.20. The Balaban J connectivity index is 1.49. The molecule has 3 aromatic rings. The number of carbonyl (C=O) groups excluding carboxylic acids is 1. The SMILES string of the molecule is CN1CCCC[C@@H]1CNC(=O)c1ccc2nc(-c3ccc(F)cc3)cn2c1. The van der Waals surface area contributed by atoms with Crippen molar-refractivity contribution in [2.24, 2.45) is 0 Å². The number of fused-ring (bicyclic) bond motifs is 1. The van der Waals surface area contributed by atoms with Gasteiger partial charge in [0, 0.05) is 30.5 Å². The Morgan fingerprint density at radius 2 is 2.00 bits per heavy atom. The lowest BCUT2D eigenvalue weighted by Crippen LogP contribution is -2.44. The number of imidazole rings is 1. The monoisotopic (exact) mass is 366 g/mol. The van der Waals surface area contributed by atoms with Gasteiger partial charge in [-0.05, 0) is 62.8 Å². The first-order valence-corrected chi connectivity index (χ1v) is 9.33. The number of nitrogens with one attached hydrogen (secondary N) is 1. The molecule has 2 aromatic heterocycles. The summed E-state index contributed by atoms with van der Waals surface area (Å²) in [6.45, 7) is 1.76. The van der Waals surface area contributed by atoms with Crippen molar-refractivity contribution in [3.8, 4) is 11.3 Å². The summed E-state index contributed by atoms with van der Waals surface area (Å²) < 4.78 is 14.9. The van der Waals surface area contributed by atoms with Gasteiger partial charge in [0.25, 0.3) is 5.91 Å². The van der Waals surface area contributed by atoms with Crippen LogP contribution in [0.15, 0.2) is 48.8 Å². The molecule has 0 aliphatic carbocycles. The second-order valence-electron chi connectivity index (χ2n) is 7.16. The first-order valence-electron chi connectivity index (χ1n) is 9.33. The molecular weight excluding hydrogens is 343 g/mol. The molecule has 27 heavy (non-hydrogen) atoms. The van der Waals surface area contributed by atoms with E-state index in [1.54, 1.807) is 24.4 Å². The van der Waals surface area contributed by atoms with Gasteiger partial charge in [-0.25, -0.2) is 9.37 Å². The maximum absolute atomic E-state index is 13.1. The first-order chi connectivity index (χ1) is 13.1. The quantitative estimate of drug-likeness (QED) is 0.770. The summed E-state index contributed by atoms with van der Waals surface area (Å²) in [5.74, 6) is -0.349. The predicted octanol–water partition coefficient (Wildman–Crippen LogP) is 3.35. The summed E-state index contributed by atoms with van der Waals surface area (Å²) in [5, 5.41) is 3.05. The molecule has 1 aliphatic heterocycles. The molecule has 1 fully saturated rings. The number of likely N-dealkylation sites (tertiary alicyclic amines) is 1. The van der Waals surface area contributed by atoms with Gasteiger partial charge in [-0.1, -0.05) is 6.42 Å². The van der Waals surface area contributed by atoms with Gasteiger partial charge in [-0.15, -0.1) is 0 Å². The van der Waals surface area contributed by atoms with Gasteiger partial charge in [-0.3, -0.25) is 4.79 Å². The average molecular weight is 366 g/mol. The molecule has 1 atom stereocenters. The lowest BCUT2D eigenvalue weighted by atomic mass is 10.0. The molecule has 0 unspecified atom stereocenters. The number of hydrogen-bond donors (Lipinski definition) is 1. The average Bonchev–Trinajstić information content (AvgIpc) is 3.11. The Morgan fingerprint density at radius 1 is 1.19 bits per heavy atom. The number of benzene rings is 1. The number of aromatic nitrogens is 2. The second kappa shape index (κ2) is 7.48. The maximum Gasteiger partial charge on any atom is 0.252 e. The van der Waals surface area contributed by atoms with Crippen molar-refractivity contribution in [3.05, 3.63) is 60.2 Å². The van der Waals surface area contributed by atoms with Gasteiger partial charge in [0.15, 0.2) is 0 Å². The molecule has 1 N–H and O–H groups in total. The largest absolute Gasteiger partial charge is 0.350 e. The van der Waals surface area contributed by atoms with Gasteiger partial charge in [-0.2, -0.15) is 0 Å². The fourth-order valence-electron chi connectivity index (χ4n) is 3.60. The summed E-state index contributed by atoms with van der Waals surface area (Å²) in [6, 6.07) is 10.3. The molecule has 0 radical (unpaired) electrons. The molecule has 1 saturated heterocycles. The van der Waals surface area contributed by atoms with Crippen LogP contribution >= 0.6 is 0 Å². The summed E-state index contributed by atoms with van der Waals surface area (Å²) >= 11 is 0. The van der Waals surface area contributed by atoms with Crippen LogP contribution in [0.4, 0.5) is 4.39 Å². The van der Waals surface area contributed by atoms with Crippen LogP contribution in [0.3, 0.4) is 0 Å². The smallest absolute Gasteiger partial charge is 0.252 e. The van der Waals surface area contributed by atoms with Crippen molar-refractivity contribution in [2.45, 2.75) is 25.3 Å². The van der Waals surface area contributed by atoms with Crippen LogP contribution in [0.25, 0.3) is 16.9 Å². The number of pyridine rings is 1. The molecule has 3 heterocycles. The van der Waals surface area contributed by atoms with E-state index in [1.807, 2.05) is 16.7 Å². The summed E-state index contributed by atoms with van der Waals surface area (Å²) in [5.41, 5.74) is 2.93. The Labute approximate surface area is 157 Å². The van der Waals surface area contributed by atoms with Gasteiger partial charge in [0.05, 0.1) is 11.3 Å². The van der Waals surface area contributed by atoms with E-state index in [1.165, 1.54) is 25.0 Å². The molecule has 4 rings (SSSR count). The van der Waals surface area contributed by atoms with Crippen LogP contribution in [0, 0.1) is 5.82 Å². The van der Waals surface area contributed by atoms with Crippen LogP contribution in [0.1, 0.15) is 29.6 Å². The normalized spacial score (nSPS) is 17.9. The topological polar surface area (TPSA) is 49.6 Å². The lowest BCUT2D eigenvalue weighted by molar-refractivity contribution is 0.0928. The highest BCUT2D eigenvalue weighted by atomic mass is 19.1. The van der Waals surface area contributed by atoms with Crippen molar-refractivity contribution < 1.29 is 9.18 Å². The zero-order chi connectivity index (χ0) is 18.8. The van der Waals surface area contributed by atoms with Crippen molar-refractivity contribution in [3.63, 3.8) is 0 Å². The van der Waals surface area contributed by atoms with Crippen molar-refractivity contribution in [1.29, 1.82) is 0 Å². The molecule has 0 bridgehead atoms. The molecule has 5 nitrogen and oxygen atoms in total. The number of hydrogen-bond acceptors (Lipinski definition) is 3. The van der Waals surface area contributed by atoms with E-state index < -0.39 is 0 Å². The molecule has 140 valence electrons. The number of carbonyl (C=O) groups is 1. The lowest BCUT2D eigenvalue weighted by Gasteiger charge is -2.32. The van der Waals surface area contributed by atoms with Crippen LogP contribution in [0.2, 0.25) is 0 Å². The van der Waals surface area contributed by atoms with E-state index in [2.05, 4.69) is 22.2 Å². The molecule has 1 amide bonds. The molecule has 6 heteroatoms. The standard InChI is InChI=1S/C21H23FN4O/c1-25-11-3-2-4-18(25)12-23-21(27)16-7-10-20-24-19(14-26(20)13-16)15-5-8-17(22)9-6-15/h5-10,13-14,18H,2-4,11-12H2,1H3,(H,23,27)/t18-/m1/s1. The Bertz CT molecular complexity index is 950. The van der Waals surface area contributed by atoms with Crippen LogP contribution in [-0.4, -0.2) is 46.4 Å². The van der Waals surface area contributed by atoms with E-state index in [-0.39, 0.29) is 11.7 Å². The van der Waals surface area contributed by atoms with Gasteiger partial charge in [0.1, 0.15) is 11.5 Å². The number of halogens is 1. The van der Waals surface area contributed by atoms with Gasteiger partial charge < -0.3 is 14.6 Å². The minimum Gasteiger partial charge on any atom is -0.350 e. The first kappa shape index (κ1) is 17.7. The second-order valence-corrected chi connectivity index (χ2v) is 7.16. The molecule has 1 aliphatic rings. The Morgan fingerprint density at radius 3 is 2.78 bits per heavy atom. The third-order valence-electron chi connectivity index (χ3n) is 5.27. The molecule has 0 saturated carbocycles. The minimum atomic E-state index is -0.273. The summed E-state index contributed by atoms with van der Waals surface area (Å²) in [7, 11) is 2.12. The number of nitrogens with zero attached hydrogens (tertiary/aromatic N) is 3. The summed E-state index contributed by atoms with van der Waals surface area (Å²) in [4.78, 5) is 19.4. The Kier molecular flexibility index (Phi) is 4.90. The highest BCUT2D eigenvalue weighted by molar-refractivity contribution is 5.94. The number of amides is 1. The fraction of sp³-hybridized carbons (Fsp3) is 0.333.